The lowest BCUT2D eigenvalue weighted by molar-refractivity contribution is 0.0495. The minimum atomic E-state index is -0.492. The number of carbonyl (C=O) groups is 1. The highest BCUT2D eigenvalue weighted by Gasteiger charge is 2.44. The van der Waals surface area contributed by atoms with Gasteiger partial charge in [0.25, 0.3) is 5.91 Å². The number of nitrogens with zero attached hydrogens (tertiary/aromatic N) is 2. The van der Waals surface area contributed by atoms with Gasteiger partial charge in [0.2, 0.25) is 5.75 Å². The summed E-state index contributed by atoms with van der Waals surface area (Å²) in [5, 5.41) is 17.9. The van der Waals surface area contributed by atoms with Gasteiger partial charge in [-0.2, -0.15) is 5.10 Å². The average Bonchev–Trinajstić information content (AvgIpc) is 3.58. The summed E-state index contributed by atoms with van der Waals surface area (Å²) in [6, 6.07) is 10.2. The van der Waals surface area contributed by atoms with Crippen LogP contribution in [0.15, 0.2) is 36.4 Å². The van der Waals surface area contributed by atoms with Crippen molar-refractivity contribution in [3.63, 3.8) is 0 Å². The van der Waals surface area contributed by atoms with Crippen LogP contribution in [0.25, 0.3) is 11.3 Å². The van der Waals surface area contributed by atoms with Crippen LogP contribution in [0.4, 0.5) is 0 Å². The molecule has 1 fully saturated rings. The molecule has 2 aliphatic rings. The summed E-state index contributed by atoms with van der Waals surface area (Å²) in [5.74, 6) is 1.37. The minimum Gasteiger partial charge on any atom is -0.507 e. The lowest BCUT2D eigenvalue weighted by Crippen LogP contribution is -2.36. The largest absolute Gasteiger partial charge is 0.507 e. The van der Waals surface area contributed by atoms with E-state index in [2.05, 4.69) is 10.2 Å². The molecule has 3 heterocycles. The first-order valence-corrected chi connectivity index (χ1v) is 11.2. The highest BCUT2D eigenvalue weighted by Crippen LogP contribution is 2.48. The molecule has 1 saturated heterocycles. The third-order valence-corrected chi connectivity index (χ3v) is 6.45. The molecule has 0 bridgehead atoms. The molecule has 34 heavy (non-hydrogen) atoms. The molecule has 5 rings (SSSR count). The van der Waals surface area contributed by atoms with Gasteiger partial charge in [0.1, 0.15) is 17.1 Å². The van der Waals surface area contributed by atoms with E-state index >= 15 is 0 Å². The fourth-order valence-corrected chi connectivity index (χ4v) is 4.88. The smallest absolute Gasteiger partial charge is 0.273 e. The number of phenols is 1. The number of aromatic nitrogens is 2. The standard InChI is InChI=1S/C25H27N3O6/c1-31-18-11-14(12-19(32-2)24(18)33-3)23-20-21(16-8-4-5-9-17(16)29)26-27-22(20)25(30)28(23)13-15-7-6-10-34-15/h4-5,8-9,11-12,15,23,29H,6-7,10,13H2,1-3H3,(H,26,27)/t15-,23+/m1/s1. The second-order valence-electron chi connectivity index (χ2n) is 8.33. The predicted molar refractivity (Wildman–Crippen MR) is 124 cm³/mol. The van der Waals surface area contributed by atoms with E-state index in [-0.39, 0.29) is 17.8 Å². The van der Waals surface area contributed by atoms with Gasteiger partial charge in [-0.3, -0.25) is 9.89 Å². The van der Waals surface area contributed by atoms with Gasteiger partial charge >= 0.3 is 0 Å². The van der Waals surface area contributed by atoms with Gasteiger partial charge in [-0.15, -0.1) is 0 Å². The number of fused-ring (bicyclic) bond motifs is 1. The molecule has 1 amide bonds. The minimum absolute atomic E-state index is 0.0426. The van der Waals surface area contributed by atoms with Crippen LogP contribution in [0.2, 0.25) is 0 Å². The number of phenolic OH excluding ortho intramolecular Hbond substituents is 1. The van der Waals surface area contributed by atoms with Crippen molar-refractivity contribution in [2.45, 2.75) is 25.0 Å². The monoisotopic (exact) mass is 465 g/mol. The van der Waals surface area contributed by atoms with E-state index in [9.17, 15) is 9.90 Å². The van der Waals surface area contributed by atoms with Crippen molar-refractivity contribution in [2.24, 2.45) is 0 Å². The van der Waals surface area contributed by atoms with Crippen LogP contribution in [-0.4, -0.2) is 66.7 Å². The number of aromatic amines is 1. The van der Waals surface area contributed by atoms with Crippen LogP contribution in [0.3, 0.4) is 0 Å². The van der Waals surface area contributed by atoms with Gasteiger partial charge in [0.05, 0.1) is 33.5 Å². The third-order valence-electron chi connectivity index (χ3n) is 6.45. The van der Waals surface area contributed by atoms with Gasteiger partial charge in [-0.1, -0.05) is 12.1 Å². The Labute approximate surface area is 197 Å². The molecule has 178 valence electrons. The number of carbonyl (C=O) groups excluding carboxylic acids is 1. The molecule has 2 aromatic carbocycles. The van der Waals surface area contributed by atoms with Crippen LogP contribution in [0, 0.1) is 0 Å². The first-order chi connectivity index (χ1) is 16.6. The van der Waals surface area contributed by atoms with Crippen molar-refractivity contribution in [3.05, 3.63) is 53.2 Å². The van der Waals surface area contributed by atoms with Gasteiger partial charge in [0.15, 0.2) is 11.5 Å². The number of methoxy groups -OCH3 is 3. The lowest BCUT2D eigenvalue weighted by atomic mass is 9.95. The number of amides is 1. The number of hydrogen-bond acceptors (Lipinski definition) is 7. The van der Waals surface area contributed by atoms with Crippen LogP contribution >= 0.6 is 0 Å². The number of hydrogen-bond donors (Lipinski definition) is 2. The zero-order chi connectivity index (χ0) is 23.8. The summed E-state index contributed by atoms with van der Waals surface area (Å²) in [5.41, 5.74) is 2.94. The molecule has 0 aliphatic carbocycles. The van der Waals surface area contributed by atoms with Crippen LogP contribution in [0.1, 0.15) is 40.5 Å². The summed E-state index contributed by atoms with van der Waals surface area (Å²) < 4.78 is 22.5. The Bertz CT molecular complexity index is 1190. The molecule has 2 aliphatic heterocycles. The number of benzene rings is 2. The quantitative estimate of drug-likeness (QED) is 0.550. The van der Waals surface area contributed by atoms with Crippen LogP contribution in [0.5, 0.6) is 23.0 Å². The maximum atomic E-state index is 13.6. The van der Waals surface area contributed by atoms with Crippen LogP contribution in [-0.2, 0) is 4.74 Å². The van der Waals surface area contributed by atoms with E-state index in [1.807, 2.05) is 18.2 Å². The summed E-state index contributed by atoms with van der Waals surface area (Å²) in [7, 11) is 4.66. The van der Waals surface area contributed by atoms with Crippen molar-refractivity contribution in [1.82, 2.24) is 15.1 Å². The van der Waals surface area contributed by atoms with Crippen molar-refractivity contribution in [2.75, 3.05) is 34.5 Å². The van der Waals surface area contributed by atoms with Gasteiger partial charge in [0, 0.05) is 24.3 Å². The fraction of sp³-hybridized carbons (Fsp3) is 0.360. The van der Waals surface area contributed by atoms with Gasteiger partial charge in [-0.25, -0.2) is 0 Å². The van der Waals surface area contributed by atoms with E-state index in [4.69, 9.17) is 18.9 Å². The molecule has 2 atom stereocenters. The number of H-pyrrole nitrogens is 1. The molecule has 3 aromatic rings. The van der Waals surface area contributed by atoms with E-state index in [1.54, 1.807) is 44.4 Å². The maximum Gasteiger partial charge on any atom is 0.273 e. The molecular formula is C25H27N3O6. The zero-order valence-corrected chi connectivity index (χ0v) is 19.3. The van der Waals surface area contributed by atoms with Gasteiger partial charge < -0.3 is 29.0 Å². The van der Waals surface area contributed by atoms with E-state index in [1.165, 1.54) is 0 Å². The van der Waals surface area contributed by atoms with Crippen LogP contribution < -0.4 is 14.2 Å². The second-order valence-corrected chi connectivity index (χ2v) is 8.33. The molecular weight excluding hydrogens is 438 g/mol. The summed E-state index contributed by atoms with van der Waals surface area (Å²) in [4.78, 5) is 15.4. The summed E-state index contributed by atoms with van der Waals surface area (Å²) >= 11 is 0. The normalized spacial score (nSPS) is 19.4. The van der Waals surface area contributed by atoms with Crippen molar-refractivity contribution >= 4 is 5.91 Å². The molecule has 9 nitrogen and oxygen atoms in total. The molecule has 0 spiro atoms. The van der Waals surface area contributed by atoms with E-state index in [0.717, 1.165) is 18.4 Å². The topological polar surface area (TPSA) is 106 Å². The average molecular weight is 466 g/mol. The van der Waals surface area contributed by atoms with E-state index in [0.29, 0.717) is 52.9 Å². The number of ether oxygens (including phenoxy) is 4. The number of rotatable bonds is 7. The molecule has 0 saturated carbocycles. The Morgan fingerprint density at radius 3 is 2.50 bits per heavy atom. The Morgan fingerprint density at radius 1 is 1.15 bits per heavy atom. The molecule has 0 radical (unpaired) electrons. The van der Waals surface area contributed by atoms with Crippen molar-refractivity contribution in [3.8, 4) is 34.3 Å². The number of aromatic hydroxyl groups is 1. The maximum absolute atomic E-state index is 13.6. The van der Waals surface area contributed by atoms with E-state index < -0.39 is 6.04 Å². The zero-order valence-electron chi connectivity index (χ0n) is 19.3. The molecule has 1 aromatic heterocycles. The van der Waals surface area contributed by atoms with Crippen molar-refractivity contribution < 1.29 is 28.8 Å². The predicted octanol–water partition coefficient (Wildman–Crippen LogP) is 3.53. The Hall–Kier alpha value is -3.72. The Balaban J connectivity index is 1.69. The highest BCUT2D eigenvalue weighted by molar-refractivity contribution is 6.00. The number of para-hydroxylation sites is 1. The number of nitrogens with one attached hydrogen (secondary N) is 1. The molecule has 0 unspecified atom stereocenters. The first-order valence-electron chi connectivity index (χ1n) is 11.2. The summed E-state index contributed by atoms with van der Waals surface area (Å²) in [6.45, 7) is 1.13. The fourth-order valence-electron chi connectivity index (χ4n) is 4.88. The highest BCUT2D eigenvalue weighted by atomic mass is 16.5. The summed E-state index contributed by atoms with van der Waals surface area (Å²) in [6.07, 6.45) is 1.82. The van der Waals surface area contributed by atoms with Crippen molar-refractivity contribution in [1.29, 1.82) is 0 Å². The Kier molecular flexibility index (Phi) is 5.79. The SMILES string of the molecule is COc1cc([C@H]2c3c(-c4ccccc4O)n[nH]c3C(=O)N2C[C@H]2CCCO2)cc(OC)c1OC. The Morgan fingerprint density at radius 2 is 1.88 bits per heavy atom. The second kappa shape index (κ2) is 8.90. The first kappa shape index (κ1) is 22.1. The third kappa shape index (κ3) is 3.52. The molecule has 9 heteroatoms. The molecule has 2 N–H and O–H groups in total. The lowest BCUT2D eigenvalue weighted by Gasteiger charge is -2.29. The van der Waals surface area contributed by atoms with Gasteiger partial charge in [-0.05, 0) is 42.7 Å².